The minimum Gasteiger partial charge on any atom is -0.396 e. The number of aryl methyl sites for hydroxylation is 1. The number of aliphatic hydroxyl groups is 1. The fourth-order valence-corrected chi connectivity index (χ4v) is 1.60. The van der Waals surface area contributed by atoms with Gasteiger partial charge in [0.2, 0.25) is 5.78 Å². The molecule has 0 saturated carbocycles. The van der Waals surface area contributed by atoms with Crippen LogP contribution in [-0.2, 0) is 4.79 Å². The molecule has 0 aromatic heterocycles. The second-order valence-electron chi connectivity index (χ2n) is 4.44. The lowest BCUT2D eigenvalue weighted by atomic mass is 10.1. The van der Waals surface area contributed by atoms with Gasteiger partial charge in [0.1, 0.15) is 0 Å². The molecular formula is C14H19NO3. The molecule has 0 heterocycles. The number of Topliss-reactive ketones (excluding diaryl/α,β-unsaturated/α-hetero) is 1. The quantitative estimate of drug-likeness (QED) is 0.592. The monoisotopic (exact) mass is 249 g/mol. The van der Waals surface area contributed by atoms with Gasteiger partial charge < -0.3 is 10.4 Å². The molecule has 0 spiro atoms. The van der Waals surface area contributed by atoms with Gasteiger partial charge in [0.05, 0.1) is 0 Å². The van der Waals surface area contributed by atoms with Gasteiger partial charge in [0.15, 0.2) is 0 Å². The summed E-state index contributed by atoms with van der Waals surface area (Å²) >= 11 is 0. The standard InChI is InChI=1S/C14H19NO3/c1-10-5-7-12(8-6-10)13(17)14(18)15-11(2)4-3-9-16/h5-8,11,16H,3-4,9H2,1-2H3,(H,15,18). The summed E-state index contributed by atoms with van der Waals surface area (Å²) in [5, 5.41) is 11.3. The Labute approximate surface area is 107 Å². The second kappa shape index (κ2) is 6.91. The molecule has 1 unspecified atom stereocenters. The maximum absolute atomic E-state index is 11.8. The van der Waals surface area contributed by atoms with Crippen LogP contribution in [0.3, 0.4) is 0 Å². The Kier molecular flexibility index (Phi) is 5.52. The Morgan fingerprint density at radius 3 is 2.44 bits per heavy atom. The SMILES string of the molecule is Cc1ccc(C(=O)C(=O)NC(C)CCCO)cc1. The summed E-state index contributed by atoms with van der Waals surface area (Å²) < 4.78 is 0. The van der Waals surface area contributed by atoms with E-state index in [9.17, 15) is 9.59 Å². The zero-order valence-corrected chi connectivity index (χ0v) is 10.8. The highest BCUT2D eigenvalue weighted by Crippen LogP contribution is 2.05. The Bertz CT molecular complexity index is 412. The molecule has 1 atom stereocenters. The largest absolute Gasteiger partial charge is 0.396 e. The van der Waals surface area contributed by atoms with Crippen LogP contribution in [-0.4, -0.2) is 29.4 Å². The summed E-state index contributed by atoms with van der Waals surface area (Å²) in [6.07, 6.45) is 1.27. The number of ketones is 1. The predicted octanol–water partition coefficient (Wildman–Crippen LogP) is 1.45. The molecule has 98 valence electrons. The van der Waals surface area contributed by atoms with Gasteiger partial charge in [-0.3, -0.25) is 9.59 Å². The summed E-state index contributed by atoms with van der Waals surface area (Å²) in [6, 6.07) is 6.79. The topological polar surface area (TPSA) is 66.4 Å². The summed E-state index contributed by atoms with van der Waals surface area (Å²) in [5.41, 5.74) is 1.44. The first-order valence-electron chi connectivity index (χ1n) is 6.07. The first kappa shape index (κ1) is 14.4. The Morgan fingerprint density at radius 2 is 1.89 bits per heavy atom. The van der Waals surface area contributed by atoms with Crippen molar-refractivity contribution in [2.75, 3.05) is 6.61 Å². The van der Waals surface area contributed by atoms with E-state index in [-0.39, 0.29) is 12.6 Å². The van der Waals surface area contributed by atoms with Crippen LogP contribution < -0.4 is 5.32 Å². The van der Waals surface area contributed by atoms with Gasteiger partial charge in [-0.05, 0) is 26.7 Å². The molecule has 0 aliphatic heterocycles. The van der Waals surface area contributed by atoms with E-state index in [1.54, 1.807) is 24.3 Å². The zero-order chi connectivity index (χ0) is 13.5. The van der Waals surface area contributed by atoms with Crippen molar-refractivity contribution < 1.29 is 14.7 Å². The van der Waals surface area contributed by atoms with E-state index in [4.69, 9.17) is 5.11 Å². The molecule has 1 rings (SSSR count). The number of carbonyl (C=O) groups excluding carboxylic acids is 2. The molecule has 0 fully saturated rings. The summed E-state index contributed by atoms with van der Waals surface area (Å²) in [7, 11) is 0. The van der Waals surface area contributed by atoms with Gasteiger partial charge in [-0.2, -0.15) is 0 Å². The lowest BCUT2D eigenvalue weighted by Gasteiger charge is -2.12. The third-order valence-electron chi connectivity index (χ3n) is 2.69. The Morgan fingerprint density at radius 1 is 1.28 bits per heavy atom. The van der Waals surface area contributed by atoms with Crippen molar-refractivity contribution in [3.63, 3.8) is 0 Å². The van der Waals surface area contributed by atoms with Crippen molar-refractivity contribution >= 4 is 11.7 Å². The number of nitrogens with one attached hydrogen (secondary N) is 1. The Hall–Kier alpha value is -1.68. The van der Waals surface area contributed by atoms with Crippen molar-refractivity contribution in [2.45, 2.75) is 32.7 Å². The van der Waals surface area contributed by atoms with Crippen LogP contribution in [0.25, 0.3) is 0 Å². The van der Waals surface area contributed by atoms with E-state index in [0.717, 1.165) is 5.56 Å². The molecule has 1 aromatic rings. The maximum Gasteiger partial charge on any atom is 0.292 e. The van der Waals surface area contributed by atoms with Crippen LogP contribution >= 0.6 is 0 Å². The van der Waals surface area contributed by atoms with Crippen LogP contribution in [0.1, 0.15) is 35.7 Å². The first-order chi connectivity index (χ1) is 8.54. The van der Waals surface area contributed by atoms with E-state index >= 15 is 0 Å². The number of hydrogen-bond acceptors (Lipinski definition) is 3. The van der Waals surface area contributed by atoms with Crippen molar-refractivity contribution in [2.24, 2.45) is 0 Å². The van der Waals surface area contributed by atoms with Gasteiger partial charge in [-0.1, -0.05) is 29.8 Å². The van der Waals surface area contributed by atoms with Gasteiger partial charge in [-0.25, -0.2) is 0 Å². The summed E-state index contributed by atoms with van der Waals surface area (Å²) in [6.45, 7) is 3.83. The molecule has 1 amide bonds. The third kappa shape index (κ3) is 4.30. The highest BCUT2D eigenvalue weighted by molar-refractivity contribution is 6.42. The first-order valence-corrected chi connectivity index (χ1v) is 6.07. The lowest BCUT2D eigenvalue weighted by Crippen LogP contribution is -2.37. The maximum atomic E-state index is 11.8. The molecular weight excluding hydrogens is 230 g/mol. The van der Waals surface area contributed by atoms with Crippen molar-refractivity contribution in [1.29, 1.82) is 0 Å². The van der Waals surface area contributed by atoms with Gasteiger partial charge in [0.25, 0.3) is 5.91 Å². The molecule has 0 aliphatic carbocycles. The lowest BCUT2D eigenvalue weighted by molar-refractivity contribution is -0.117. The van der Waals surface area contributed by atoms with Crippen LogP contribution in [0, 0.1) is 6.92 Å². The van der Waals surface area contributed by atoms with Crippen LogP contribution in [0.5, 0.6) is 0 Å². The van der Waals surface area contributed by atoms with Crippen molar-refractivity contribution in [3.8, 4) is 0 Å². The zero-order valence-electron chi connectivity index (χ0n) is 10.8. The van der Waals surface area contributed by atoms with E-state index < -0.39 is 11.7 Å². The van der Waals surface area contributed by atoms with E-state index in [1.165, 1.54) is 0 Å². The van der Waals surface area contributed by atoms with Crippen LogP contribution in [0.15, 0.2) is 24.3 Å². The minimum atomic E-state index is -0.593. The fourth-order valence-electron chi connectivity index (χ4n) is 1.60. The number of benzene rings is 1. The number of aliphatic hydroxyl groups excluding tert-OH is 1. The van der Waals surface area contributed by atoms with Crippen LogP contribution in [0.4, 0.5) is 0 Å². The summed E-state index contributed by atoms with van der Waals surface area (Å²) in [5.74, 6) is -1.12. The highest BCUT2D eigenvalue weighted by atomic mass is 16.3. The van der Waals surface area contributed by atoms with Gasteiger partial charge in [0, 0.05) is 18.2 Å². The van der Waals surface area contributed by atoms with E-state index in [0.29, 0.717) is 18.4 Å². The molecule has 2 N–H and O–H groups in total. The predicted molar refractivity (Wildman–Crippen MR) is 69.4 cm³/mol. The fraction of sp³-hybridized carbons (Fsp3) is 0.429. The van der Waals surface area contributed by atoms with Gasteiger partial charge in [-0.15, -0.1) is 0 Å². The van der Waals surface area contributed by atoms with E-state index in [2.05, 4.69) is 5.32 Å². The number of rotatable bonds is 6. The number of amides is 1. The molecule has 0 saturated heterocycles. The average molecular weight is 249 g/mol. The Balaban J connectivity index is 2.56. The number of hydrogen-bond donors (Lipinski definition) is 2. The molecule has 0 aliphatic rings. The second-order valence-corrected chi connectivity index (χ2v) is 4.44. The smallest absolute Gasteiger partial charge is 0.292 e. The van der Waals surface area contributed by atoms with Crippen molar-refractivity contribution in [3.05, 3.63) is 35.4 Å². The molecule has 1 aromatic carbocycles. The normalized spacial score (nSPS) is 11.9. The third-order valence-corrected chi connectivity index (χ3v) is 2.69. The summed E-state index contributed by atoms with van der Waals surface area (Å²) in [4.78, 5) is 23.5. The van der Waals surface area contributed by atoms with Gasteiger partial charge >= 0.3 is 0 Å². The molecule has 0 bridgehead atoms. The molecule has 4 nitrogen and oxygen atoms in total. The average Bonchev–Trinajstić information content (AvgIpc) is 2.36. The highest BCUT2D eigenvalue weighted by Gasteiger charge is 2.17. The molecule has 18 heavy (non-hydrogen) atoms. The van der Waals surface area contributed by atoms with Crippen molar-refractivity contribution in [1.82, 2.24) is 5.32 Å². The minimum absolute atomic E-state index is 0.0894. The molecule has 0 radical (unpaired) electrons. The van der Waals surface area contributed by atoms with E-state index in [1.807, 2.05) is 13.8 Å². The van der Waals surface area contributed by atoms with Crippen LogP contribution in [0.2, 0.25) is 0 Å². The number of carbonyl (C=O) groups is 2. The molecule has 4 heteroatoms.